The SMILES string of the molecule is O=S(OC1=CCCCC1)OC(F)(Br)Br. The summed E-state index contributed by atoms with van der Waals surface area (Å²) in [6.45, 7) is 0. The lowest BCUT2D eigenvalue weighted by atomic mass is 10.1. The average molecular weight is 352 g/mol. The minimum absolute atomic E-state index is 0.596. The molecule has 82 valence electrons. The van der Waals surface area contributed by atoms with E-state index in [2.05, 4.69) is 36.0 Å². The van der Waals surface area contributed by atoms with Crippen molar-refractivity contribution in [2.24, 2.45) is 0 Å². The zero-order valence-electron chi connectivity index (χ0n) is 7.17. The summed E-state index contributed by atoms with van der Waals surface area (Å²) in [5, 5.41) is 0. The molecule has 0 N–H and O–H groups in total. The first-order valence-electron chi connectivity index (χ1n) is 4.03. The summed E-state index contributed by atoms with van der Waals surface area (Å²) in [6, 6.07) is 0. The summed E-state index contributed by atoms with van der Waals surface area (Å²) in [4.78, 5) is 0. The summed E-state index contributed by atoms with van der Waals surface area (Å²) in [6.07, 6.45) is 5.55. The van der Waals surface area contributed by atoms with Crippen LogP contribution in [0.2, 0.25) is 0 Å². The van der Waals surface area contributed by atoms with Gasteiger partial charge in [0.15, 0.2) is 0 Å². The molecule has 0 bridgehead atoms. The lowest BCUT2D eigenvalue weighted by Gasteiger charge is -2.14. The first kappa shape index (κ1) is 12.6. The third kappa shape index (κ3) is 5.43. The number of rotatable bonds is 4. The highest BCUT2D eigenvalue weighted by Gasteiger charge is 2.27. The van der Waals surface area contributed by atoms with Crippen molar-refractivity contribution in [1.29, 1.82) is 0 Å². The van der Waals surface area contributed by atoms with Crippen molar-refractivity contribution in [3.05, 3.63) is 11.8 Å². The predicted octanol–water partition coefficient (Wildman–Crippen LogP) is 3.43. The monoisotopic (exact) mass is 350 g/mol. The molecule has 1 unspecified atom stereocenters. The minimum Gasteiger partial charge on any atom is -0.385 e. The number of halogens is 3. The van der Waals surface area contributed by atoms with E-state index < -0.39 is 15.0 Å². The first-order valence-corrected chi connectivity index (χ1v) is 6.61. The van der Waals surface area contributed by atoms with Crippen molar-refractivity contribution in [2.75, 3.05) is 0 Å². The predicted molar refractivity (Wildman–Crippen MR) is 58.6 cm³/mol. The van der Waals surface area contributed by atoms with Crippen LogP contribution in [0.5, 0.6) is 0 Å². The maximum Gasteiger partial charge on any atom is 0.364 e. The Bertz CT molecular complexity index is 252. The second-order valence-corrected chi connectivity index (χ2v) is 6.58. The third-order valence-corrected chi connectivity index (χ3v) is 3.06. The molecule has 0 aromatic rings. The van der Waals surface area contributed by atoms with Crippen LogP contribution in [0.4, 0.5) is 4.39 Å². The summed E-state index contributed by atoms with van der Waals surface area (Å²) in [7, 11) is 0. The Kier molecular flexibility index (Phi) is 5.02. The van der Waals surface area contributed by atoms with Gasteiger partial charge in [-0.3, -0.25) is 0 Å². The average Bonchev–Trinajstić information content (AvgIpc) is 2.02. The van der Waals surface area contributed by atoms with E-state index in [0.29, 0.717) is 5.76 Å². The third-order valence-electron chi connectivity index (χ3n) is 1.59. The molecular formula is C7H9Br2FO3S. The second kappa shape index (κ2) is 5.58. The van der Waals surface area contributed by atoms with Gasteiger partial charge in [0.2, 0.25) is 0 Å². The maximum absolute atomic E-state index is 12.7. The second-order valence-electron chi connectivity index (χ2n) is 2.73. The summed E-state index contributed by atoms with van der Waals surface area (Å²) in [5.41, 5.74) is 0. The number of allylic oxidation sites excluding steroid dienone is 2. The smallest absolute Gasteiger partial charge is 0.364 e. The van der Waals surface area contributed by atoms with Gasteiger partial charge in [-0.2, -0.15) is 12.8 Å². The molecule has 0 saturated carbocycles. The van der Waals surface area contributed by atoms with Crippen LogP contribution in [0.1, 0.15) is 25.7 Å². The molecule has 7 heteroatoms. The minimum atomic E-state index is -2.31. The molecule has 1 aliphatic rings. The summed E-state index contributed by atoms with van der Waals surface area (Å²) >= 11 is 2.83. The van der Waals surface area contributed by atoms with Crippen LogP contribution in [0, 0.1) is 0 Å². The van der Waals surface area contributed by atoms with E-state index in [0.717, 1.165) is 25.7 Å². The molecule has 0 spiro atoms. The molecule has 0 saturated heterocycles. The van der Waals surface area contributed by atoms with Gasteiger partial charge in [0, 0.05) is 6.42 Å². The maximum atomic E-state index is 12.7. The van der Waals surface area contributed by atoms with Gasteiger partial charge in [0.25, 0.3) is 0 Å². The number of hydrogen-bond donors (Lipinski definition) is 0. The quantitative estimate of drug-likeness (QED) is 0.728. The highest BCUT2D eigenvalue weighted by Crippen LogP contribution is 2.31. The van der Waals surface area contributed by atoms with Crippen molar-refractivity contribution in [1.82, 2.24) is 0 Å². The van der Waals surface area contributed by atoms with Crippen LogP contribution in [-0.4, -0.2) is 7.88 Å². The zero-order valence-corrected chi connectivity index (χ0v) is 11.2. The molecule has 0 fully saturated rings. The Morgan fingerprint density at radius 1 is 1.50 bits per heavy atom. The Morgan fingerprint density at radius 2 is 2.21 bits per heavy atom. The van der Waals surface area contributed by atoms with E-state index in [9.17, 15) is 8.60 Å². The highest BCUT2D eigenvalue weighted by molar-refractivity contribution is 9.25. The van der Waals surface area contributed by atoms with E-state index in [4.69, 9.17) is 4.18 Å². The number of hydrogen-bond acceptors (Lipinski definition) is 3. The first-order chi connectivity index (χ1) is 6.47. The van der Waals surface area contributed by atoms with Crippen molar-refractivity contribution in [3.63, 3.8) is 0 Å². The van der Waals surface area contributed by atoms with Crippen molar-refractivity contribution < 1.29 is 17.0 Å². The fraction of sp³-hybridized carbons (Fsp3) is 0.714. The van der Waals surface area contributed by atoms with Gasteiger partial charge in [-0.15, -0.1) is 0 Å². The zero-order chi connectivity index (χ0) is 10.6. The molecule has 0 amide bonds. The van der Waals surface area contributed by atoms with Crippen LogP contribution in [0.15, 0.2) is 11.8 Å². The van der Waals surface area contributed by atoms with Crippen LogP contribution in [0.3, 0.4) is 0 Å². The summed E-state index contributed by atoms with van der Waals surface area (Å²) < 4.78 is 30.7. The van der Waals surface area contributed by atoms with E-state index in [1.54, 1.807) is 0 Å². The Hall–Kier alpha value is 0.540. The van der Waals surface area contributed by atoms with E-state index in [1.807, 2.05) is 6.08 Å². The standard InChI is InChI=1S/C7H9Br2FO3S/c8-7(9,10)13-14(11)12-6-4-2-1-3-5-6/h4H,1-3,5H2. The van der Waals surface area contributed by atoms with Crippen molar-refractivity contribution >= 4 is 43.2 Å². The fourth-order valence-corrected chi connectivity index (χ4v) is 2.23. The fourth-order valence-electron chi connectivity index (χ4n) is 1.07. The van der Waals surface area contributed by atoms with Gasteiger partial charge in [-0.05, 0) is 57.2 Å². The van der Waals surface area contributed by atoms with Crippen LogP contribution in [-0.2, 0) is 19.7 Å². The van der Waals surface area contributed by atoms with Gasteiger partial charge < -0.3 is 4.18 Å². The molecule has 0 aromatic carbocycles. The van der Waals surface area contributed by atoms with Crippen LogP contribution in [0.25, 0.3) is 0 Å². The van der Waals surface area contributed by atoms with Crippen molar-refractivity contribution in [2.45, 2.75) is 29.4 Å². The Balaban J connectivity index is 2.36. The molecular weight excluding hydrogens is 343 g/mol. The van der Waals surface area contributed by atoms with Gasteiger partial charge in [0.1, 0.15) is 5.76 Å². The number of alkyl halides is 3. The van der Waals surface area contributed by atoms with Crippen molar-refractivity contribution in [3.8, 4) is 0 Å². The largest absolute Gasteiger partial charge is 0.385 e. The highest BCUT2D eigenvalue weighted by atomic mass is 79.9. The van der Waals surface area contributed by atoms with Gasteiger partial charge in [-0.25, -0.2) is 0 Å². The molecule has 3 nitrogen and oxygen atoms in total. The van der Waals surface area contributed by atoms with Gasteiger partial charge in [0.05, 0.1) is 0 Å². The Morgan fingerprint density at radius 3 is 2.71 bits per heavy atom. The van der Waals surface area contributed by atoms with Crippen LogP contribution < -0.4 is 0 Å². The topological polar surface area (TPSA) is 35.5 Å². The van der Waals surface area contributed by atoms with E-state index in [-0.39, 0.29) is 0 Å². The molecule has 0 radical (unpaired) electrons. The van der Waals surface area contributed by atoms with E-state index >= 15 is 0 Å². The molecule has 0 heterocycles. The summed E-state index contributed by atoms with van der Waals surface area (Å²) in [5.74, 6) is 0.596. The van der Waals surface area contributed by atoms with Gasteiger partial charge >= 0.3 is 15.0 Å². The molecule has 1 atom stereocenters. The molecule has 1 aliphatic carbocycles. The van der Waals surface area contributed by atoms with Crippen LogP contribution >= 0.6 is 31.9 Å². The normalized spacial score (nSPS) is 20.1. The molecule has 0 aliphatic heterocycles. The lowest BCUT2D eigenvalue weighted by Crippen LogP contribution is -2.13. The molecule has 0 aromatic heterocycles. The molecule has 14 heavy (non-hydrogen) atoms. The lowest BCUT2D eigenvalue weighted by molar-refractivity contribution is 0.133. The Labute approximate surface area is 101 Å². The molecule has 1 rings (SSSR count). The van der Waals surface area contributed by atoms with E-state index in [1.165, 1.54) is 0 Å². The van der Waals surface area contributed by atoms with Gasteiger partial charge in [-0.1, -0.05) is 0 Å².